The van der Waals surface area contributed by atoms with Crippen molar-refractivity contribution in [2.45, 2.75) is 205 Å². The van der Waals surface area contributed by atoms with Crippen molar-refractivity contribution in [1.29, 1.82) is 0 Å². The Morgan fingerprint density at radius 1 is 0.712 bits per heavy atom. The summed E-state index contributed by atoms with van der Waals surface area (Å²) in [7, 11) is -5.05. The molecule has 0 aromatic rings. The fraction of sp³-hybridized carbons (Fsp3) is 0.923. The SMILES string of the molecule is CCCCCC/C=C\CCCCCCCC(=O)OC(COCCCCCCCCCCCCCC)COC1OC(CO)C(O)C(OS(=O)(=O)O)C1O. The van der Waals surface area contributed by atoms with Gasteiger partial charge in [-0.05, 0) is 38.5 Å². The van der Waals surface area contributed by atoms with Gasteiger partial charge in [0.15, 0.2) is 6.29 Å². The van der Waals surface area contributed by atoms with Crippen LogP contribution in [0.4, 0.5) is 0 Å². The molecule has 4 N–H and O–H groups in total. The maximum atomic E-state index is 12.8. The minimum atomic E-state index is -5.05. The Bertz CT molecular complexity index is 978. The lowest BCUT2D eigenvalue weighted by Gasteiger charge is -2.41. The van der Waals surface area contributed by atoms with Crippen molar-refractivity contribution in [3.8, 4) is 0 Å². The normalized spacial score (nSPS) is 21.5. The third-order valence-electron chi connectivity index (χ3n) is 9.39. The zero-order valence-electron chi connectivity index (χ0n) is 32.4. The van der Waals surface area contributed by atoms with E-state index in [1.54, 1.807) is 0 Å². The molecule has 1 rings (SSSR count). The standard InChI is InChI=1S/C39H74O12S/c1-3-5-7-9-11-13-15-17-18-20-22-24-26-28-35(41)49-33(31-47-29-27-25-23-21-19-16-14-12-10-8-6-4-2)32-48-39-37(43)38(51-52(44,45)46)36(42)34(30-40)50-39/h13,15,33-34,36-40,42-43H,3-12,14,16-32H2,1-2H3,(H,44,45,46)/b15-13-. The van der Waals surface area contributed by atoms with Gasteiger partial charge in [0.2, 0.25) is 0 Å². The van der Waals surface area contributed by atoms with Crippen LogP contribution in [-0.2, 0) is 38.3 Å². The van der Waals surface area contributed by atoms with Crippen LogP contribution in [0.2, 0.25) is 0 Å². The number of ether oxygens (including phenoxy) is 4. The van der Waals surface area contributed by atoms with Crippen molar-refractivity contribution in [2.75, 3.05) is 26.4 Å². The van der Waals surface area contributed by atoms with Gasteiger partial charge >= 0.3 is 16.4 Å². The van der Waals surface area contributed by atoms with Crippen molar-refractivity contribution in [1.82, 2.24) is 0 Å². The number of esters is 1. The second kappa shape index (κ2) is 32.1. The van der Waals surface area contributed by atoms with Crippen LogP contribution in [0.25, 0.3) is 0 Å². The molecule has 13 heteroatoms. The number of allylic oxidation sites excluding steroid dienone is 2. The number of unbranched alkanes of at least 4 members (excludes halogenated alkanes) is 20. The van der Waals surface area contributed by atoms with Gasteiger partial charge in [-0.1, -0.05) is 135 Å². The highest BCUT2D eigenvalue weighted by molar-refractivity contribution is 7.80. The van der Waals surface area contributed by atoms with Crippen molar-refractivity contribution in [3.05, 3.63) is 12.2 Å². The summed E-state index contributed by atoms with van der Waals surface area (Å²) < 4.78 is 58.8. The predicted molar refractivity (Wildman–Crippen MR) is 202 cm³/mol. The van der Waals surface area contributed by atoms with Crippen LogP contribution in [0.5, 0.6) is 0 Å². The summed E-state index contributed by atoms with van der Waals surface area (Å²) in [4.78, 5) is 12.8. The molecule has 0 spiro atoms. The molecule has 0 saturated carbocycles. The highest BCUT2D eigenvalue weighted by Crippen LogP contribution is 2.26. The average molecular weight is 767 g/mol. The van der Waals surface area contributed by atoms with Gasteiger partial charge < -0.3 is 34.3 Å². The second-order valence-corrected chi connectivity index (χ2v) is 15.3. The van der Waals surface area contributed by atoms with Gasteiger partial charge in [-0.15, -0.1) is 0 Å². The molecule has 308 valence electrons. The van der Waals surface area contributed by atoms with E-state index >= 15 is 0 Å². The van der Waals surface area contributed by atoms with Crippen molar-refractivity contribution >= 4 is 16.4 Å². The fourth-order valence-electron chi connectivity index (χ4n) is 6.25. The summed E-state index contributed by atoms with van der Waals surface area (Å²) in [6, 6.07) is 0. The third kappa shape index (κ3) is 25.8. The van der Waals surface area contributed by atoms with E-state index in [9.17, 15) is 28.5 Å². The molecule has 6 atom stereocenters. The quantitative estimate of drug-likeness (QED) is 0.0216. The average Bonchev–Trinajstić information content (AvgIpc) is 3.11. The predicted octanol–water partition coefficient (Wildman–Crippen LogP) is 7.52. The van der Waals surface area contributed by atoms with Gasteiger partial charge in [0.1, 0.15) is 30.5 Å². The minimum Gasteiger partial charge on any atom is -0.457 e. The molecule has 12 nitrogen and oxygen atoms in total. The number of aliphatic hydroxyl groups is 3. The van der Waals surface area contributed by atoms with E-state index in [1.165, 1.54) is 83.5 Å². The Labute approximate surface area is 315 Å². The molecule has 1 aliphatic rings. The van der Waals surface area contributed by atoms with Gasteiger partial charge in [-0.2, -0.15) is 8.42 Å². The lowest BCUT2D eigenvalue weighted by Crippen LogP contribution is -2.60. The molecule has 1 fully saturated rings. The van der Waals surface area contributed by atoms with Crippen LogP contribution in [0, 0.1) is 0 Å². The van der Waals surface area contributed by atoms with E-state index in [2.05, 4.69) is 30.2 Å². The first-order valence-electron chi connectivity index (χ1n) is 20.4. The van der Waals surface area contributed by atoms with Crippen molar-refractivity contribution in [3.63, 3.8) is 0 Å². The Hall–Kier alpha value is -1.16. The van der Waals surface area contributed by atoms with Gasteiger partial charge in [0, 0.05) is 13.0 Å². The number of carbonyl (C=O) groups excluding carboxylic acids is 1. The molecule has 0 aromatic heterocycles. The maximum absolute atomic E-state index is 12.8. The molecule has 0 amide bonds. The molecular weight excluding hydrogens is 692 g/mol. The van der Waals surface area contributed by atoms with Crippen molar-refractivity contribution < 1.29 is 56.2 Å². The summed E-state index contributed by atoms with van der Waals surface area (Å²) in [5.41, 5.74) is 0. The van der Waals surface area contributed by atoms with Gasteiger partial charge in [0.25, 0.3) is 0 Å². The van der Waals surface area contributed by atoms with E-state index in [4.69, 9.17) is 23.5 Å². The largest absolute Gasteiger partial charge is 0.457 e. The van der Waals surface area contributed by atoms with E-state index in [1.807, 2.05) is 0 Å². The topological polar surface area (TPSA) is 178 Å². The molecule has 52 heavy (non-hydrogen) atoms. The lowest BCUT2D eigenvalue weighted by molar-refractivity contribution is -0.301. The van der Waals surface area contributed by atoms with E-state index < -0.39 is 59.8 Å². The van der Waals surface area contributed by atoms with E-state index in [0.29, 0.717) is 13.0 Å². The van der Waals surface area contributed by atoms with Crippen LogP contribution >= 0.6 is 0 Å². The highest BCUT2D eigenvalue weighted by Gasteiger charge is 2.48. The third-order valence-corrected chi connectivity index (χ3v) is 9.85. The first-order valence-corrected chi connectivity index (χ1v) is 21.8. The Kier molecular flexibility index (Phi) is 30.2. The highest BCUT2D eigenvalue weighted by atomic mass is 32.3. The summed E-state index contributed by atoms with van der Waals surface area (Å²) in [6.45, 7) is 3.96. The Morgan fingerprint density at radius 2 is 1.21 bits per heavy atom. The lowest BCUT2D eigenvalue weighted by atomic mass is 9.99. The second-order valence-electron chi connectivity index (χ2n) is 14.2. The molecule has 6 unspecified atom stereocenters. The van der Waals surface area contributed by atoms with E-state index in [-0.39, 0.29) is 19.6 Å². The maximum Gasteiger partial charge on any atom is 0.397 e. The first kappa shape index (κ1) is 48.9. The number of carbonyl (C=O) groups is 1. The van der Waals surface area contributed by atoms with Crippen LogP contribution in [0.1, 0.15) is 168 Å². The Morgan fingerprint density at radius 3 is 1.75 bits per heavy atom. The van der Waals surface area contributed by atoms with Crippen LogP contribution in [0.15, 0.2) is 12.2 Å². The van der Waals surface area contributed by atoms with Gasteiger partial charge in [-0.25, -0.2) is 4.18 Å². The zero-order chi connectivity index (χ0) is 38.3. The molecule has 0 aromatic carbocycles. The molecule has 0 bridgehead atoms. The first-order chi connectivity index (χ1) is 25.1. The summed E-state index contributed by atoms with van der Waals surface area (Å²) in [5.74, 6) is -0.407. The number of hydrogen-bond donors (Lipinski definition) is 4. The van der Waals surface area contributed by atoms with Gasteiger partial charge in [-0.3, -0.25) is 9.35 Å². The van der Waals surface area contributed by atoms with Crippen LogP contribution < -0.4 is 0 Å². The number of hydrogen-bond acceptors (Lipinski definition) is 11. The number of aliphatic hydroxyl groups excluding tert-OH is 3. The monoisotopic (exact) mass is 766 g/mol. The van der Waals surface area contributed by atoms with Crippen molar-refractivity contribution in [2.24, 2.45) is 0 Å². The minimum absolute atomic E-state index is 0.0374. The molecule has 0 aliphatic carbocycles. The summed E-state index contributed by atoms with van der Waals surface area (Å²) in [5, 5.41) is 30.5. The smallest absolute Gasteiger partial charge is 0.397 e. The Balaban J connectivity index is 2.49. The summed E-state index contributed by atoms with van der Waals surface area (Å²) in [6.07, 6.45) is 22.5. The molecule has 1 heterocycles. The zero-order valence-corrected chi connectivity index (χ0v) is 33.2. The fourth-order valence-corrected chi connectivity index (χ4v) is 6.76. The molecule has 1 aliphatic heterocycles. The molecule has 0 radical (unpaired) electrons. The van der Waals surface area contributed by atoms with Crippen LogP contribution in [-0.4, -0.2) is 97.5 Å². The van der Waals surface area contributed by atoms with Crippen LogP contribution in [0.3, 0.4) is 0 Å². The molecular formula is C39H74O12S. The van der Waals surface area contributed by atoms with Gasteiger partial charge in [0.05, 0.1) is 19.8 Å². The van der Waals surface area contributed by atoms with E-state index in [0.717, 1.165) is 57.8 Å². The summed E-state index contributed by atoms with van der Waals surface area (Å²) >= 11 is 0. The number of rotatable bonds is 35. The molecule has 1 saturated heterocycles.